The van der Waals surface area contributed by atoms with Gasteiger partial charge in [-0.25, -0.2) is 0 Å². The zero-order valence-corrected chi connectivity index (χ0v) is 11.5. The largest absolute Gasteiger partial charge is 0.468 e. The third-order valence-corrected chi connectivity index (χ3v) is 3.89. The van der Waals surface area contributed by atoms with Gasteiger partial charge < -0.3 is 15.0 Å². The highest BCUT2D eigenvalue weighted by Crippen LogP contribution is 2.20. The predicted octanol–water partition coefficient (Wildman–Crippen LogP) is 1.55. The second-order valence-electron chi connectivity index (χ2n) is 5.59. The van der Waals surface area contributed by atoms with Gasteiger partial charge in [-0.2, -0.15) is 0 Å². The van der Waals surface area contributed by atoms with E-state index in [-0.39, 0.29) is 12.0 Å². The summed E-state index contributed by atoms with van der Waals surface area (Å²) in [5.74, 6) is -0.107. The van der Waals surface area contributed by atoms with Crippen molar-refractivity contribution in [1.29, 1.82) is 0 Å². The van der Waals surface area contributed by atoms with Gasteiger partial charge in [-0.05, 0) is 38.8 Å². The van der Waals surface area contributed by atoms with Gasteiger partial charge in [0.1, 0.15) is 6.04 Å². The fraction of sp³-hybridized carbons (Fsp3) is 0.929. The molecule has 1 atom stereocenters. The highest BCUT2D eigenvalue weighted by molar-refractivity contribution is 5.76. The van der Waals surface area contributed by atoms with Crippen LogP contribution in [0.3, 0.4) is 0 Å². The van der Waals surface area contributed by atoms with Crippen molar-refractivity contribution in [2.75, 3.05) is 26.7 Å². The van der Waals surface area contributed by atoms with Crippen LogP contribution in [0.4, 0.5) is 0 Å². The van der Waals surface area contributed by atoms with Crippen LogP contribution in [0.2, 0.25) is 0 Å². The van der Waals surface area contributed by atoms with Crippen molar-refractivity contribution in [1.82, 2.24) is 10.2 Å². The number of carbonyl (C=O) groups is 1. The first-order valence-electron chi connectivity index (χ1n) is 7.36. The number of nitrogens with one attached hydrogen (secondary N) is 1. The molecule has 104 valence electrons. The molecule has 0 aromatic rings. The number of carbonyl (C=O) groups excluding carboxylic acids is 1. The molecule has 4 nitrogen and oxygen atoms in total. The molecule has 1 aliphatic heterocycles. The highest BCUT2D eigenvalue weighted by Gasteiger charge is 2.30. The van der Waals surface area contributed by atoms with Crippen LogP contribution in [0, 0.1) is 0 Å². The summed E-state index contributed by atoms with van der Waals surface area (Å²) in [6.45, 7) is 3.06. The van der Waals surface area contributed by atoms with Crippen LogP contribution < -0.4 is 5.32 Å². The van der Waals surface area contributed by atoms with E-state index in [2.05, 4.69) is 10.2 Å². The standard InChI is InChI=1S/C14H26N2O2/c1-18-14(17)13(15-12-7-8-12)11-16-9-5-3-2-4-6-10-16/h12-13,15H,2-11H2,1H3. The molecule has 1 saturated heterocycles. The van der Waals surface area contributed by atoms with Crippen molar-refractivity contribution in [3.63, 3.8) is 0 Å². The summed E-state index contributed by atoms with van der Waals surface area (Å²) in [6.07, 6.45) is 8.95. The van der Waals surface area contributed by atoms with Gasteiger partial charge in [0.2, 0.25) is 0 Å². The molecule has 2 rings (SSSR count). The molecule has 18 heavy (non-hydrogen) atoms. The van der Waals surface area contributed by atoms with Gasteiger partial charge in [-0.15, -0.1) is 0 Å². The second-order valence-corrected chi connectivity index (χ2v) is 5.59. The topological polar surface area (TPSA) is 41.6 Å². The van der Waals surface area contributed by atoms with E-state index in [1.807, 2.05) is 0 Å². The number of methoxy groups -OCH3 is 1. The summed E-state index contributed by atoms with van der Waals surface area (Å²) in [7, 11) is 1.48. The molecule has 1 heterocycles. The van der Waals surface area contributed by atoms with Crippen molar-refractivity contribution in [3.8, 4) is 0 Å². The maximum Gasteiger partial charge on any atom is 0.324 e. The summed E-state index contributed by atoms with van der Waals surface area (Å²) in [5, 5.41) is 3.41. The van der Waals surface area contributed by atoms with Gasteiger partial charge >= 0.3 is 5.97 Å². The highest BCUT2D eigenvalue weighted by atomic mass is 16.5. The number of nitrogens with zero attached hydrogens (tertiary/aromatic N) is 1. The monoisotopic (exact) mass is 254 g/mol. The van der Waals surface area contributed by atoms with Crippen molar-refractivity contribution < 1.29 is 9.53 Å². The molecular weight excluding hydrogens is 228 g/mol. The van der Waals surface area contributed by atoms with Crippen LogP contribution >= 0.6 is 0 Å². The SMILES string of the molecule is COC(=O)C(CN1CCCCCCC1)NC1CC1. The number of likely N-dealkylation sites (tertiary alicyclic amines) is 1. The Balaban J connectivity index is 1.82. The fourth-order valence-corrected chi connectivity index (χ4v) is 2.63. The van der Waals surface area contributed by atoms with Crippen molar-refractivity contribution >= 4 is 5.97 Å². The number of ether oxygens (including phenoxy) is 1. The first kappa shape index (κ1) is 13.8. The average molecular weight is 254 g/mol. The molecule has 0 amide bonds. The van der Waals surface area contributed by atoms with E-state index in [0.717, 1.165) is 19.6 Å². The molecule has 1 N–H and O–H groups in total. The molecule has 4 heteroatoms. The molecular formula is C14H26N2O2. The molecule has 0 bridgehead atoms. The minimum atomic E-state index is -0.137. The third-order valence-electron chi connectivity index (χ3n) is 3.89. The van der Waals surface area contributed by atoms with Crippen LogP contribution in [0.25, 0.3) is 0 Å². The van der Waals surface area contributed by atoms with Crippen LogP contribution in [0.5, 0.6) is 0 Å². The minimum absolute atomic E-state index is 0.107. The van der Waals surface area contributed by atoms with Crippen LogP contribution in [-0.4, -0.2) is 49.7 Å². The van der Waals surface area contributed by atoms with Crippen molar-refractivity contribution in [3.05, 3.63) is 0 Å². The van der Waals surface area contributed by atoms with Gasteiger partial charge in [0.15, 0.2) is 0 Å². The maximum atomic E-state index is 11.8. The van der Waals surface area contributed by atoms with E-state index >= 15 is 0 Å². The Hall–Kier alpha value is -0.610. The first-order valence-corrected chi connectivity index (χ1v) is 7.36. The molecule has 1 unspecified atom stereocenters. The van der Waals surface area contributed by atoms with Crippen LogP contribution in [-0.2, 0) is 9.53 Å². The lowest BCUT2D eigenvalue weighted by molar-refractivity contribution is -0.143. The van der Waals surface area contributed by atoms with E-state index in [4.69, 9.17) is 4.74 Å². The van der Waals surface area contributed by atoms with E-state index in [0.29, 0.717) is 6.04 Å². The van der Waals surface area contributed by atoms with Gasteiger partial charge in [0.25, 0.3) is 0 Å². The lowest BCUT2D eigenvalue weighted by Crippen LogP contribution is -2.48. The minimum Gasteiger partial charge on any atom is -0.468 e. The summed E-state index contributed by atoms with van der Waals surface area (Å²) < 4.78 is 4.91. The fourth-order valence-electron chi connectivity index (χ4n) is 2.63. The smallest absolute Gasteiger partial charge is 0.324 e. The third kappa shape index (κ3) is 4.58. The van der Waals surface area contributed by atoms with E-state index in [1.54, 1.807) is 0 Å². The van der Waals surface area contributed by atoms with Gasteiger partial charge in [0.05, 0.1) is 7.11 Å². The molecule has 0 aromatic heterocycles. The molecule has 2 fully saturated rings. The number of hydrogen-bond donors (Lipinski definition) is 1. The van der Waals surface area contributed by atoms with E-state index in [1.165, 1.54) is 52.1 Å². The Bertz CT molecular complexity index is 259. The Morgan fingerprint density at radius 1 is 1.22 bits per heavy atom. The molecule has 1 aliphatic carbocycles. The number of hydrogen-bond acceptors (Lipinski definition) is 4. The summed E-state index contributed by atoms with van der Waals surface area (Å²) >= 11 is 0. The maximum absolute atomic E-state index is 11.8. The normalized spacial score (nSPS) is 24.1. The Morgan fingerprint density at radius 3 is 2.39 bits per heavy atom. The first-order chi connectivity index (χ1) is 8.79. The summed E-state index contributed by atoms with van der Waals surface area (Å²) in [5.41, 5.74) is 0. The summed E-state index contributed by atoms with van der Waals surface area (Å²) in [6, 6.07) is 0.408. The second kappa shape index (κ2) is 7.10. The summed E-state index contributed by atoms with van der Waals surface area (Å²) in [4.78, 5) is 14.2. The van der Waals surface area contributed by atoms with E-state index < -0.39 is 0 Å². The average Bonchev–Trinajstić information content (AvgIpc) is 3.14. The predicted molar refractivity (Wildman–Crippen MR) is 71.5 cm³/mol. The van der Waals surface area contributed by atoms with E-state index in [9.17, 15) is 4.79 Å². The van der Waals surface area contributed by atoms with Gasteiger partial charge in [-0.3, -0.25) is 4.79 Å². The zero-order chi connectivity index (χ0) is 12.8. The van der Waals surface area contributed by atoms with Crippen LogP contribution in [0.15, 0.2) is 0 Å². The lowest BCUT2D eigenvalue weighted by Gasteiger charge is -2.28. The molecule has 1 saturated carbocycles. The molecule has 0 spiro atoms. The lowest BCUT2D eigenvalue weighted by atomic mass is 10.1. The Kier molecular flexibility index (Phi) is 5.45. The zero-order valence-electron chi connectivity index (χ0n) is 11.5. The molecule has 2 aliphatic rings. The Morgan fingerprint density at radius 2 is 1.83 bits per heavy atom. The van der Waals surface area contributed by atoms with Gasteiger partial charge in [0, 0.05) is 12.6 Å². The number of esters is 1. The molecule has 0 radical (unpaired) electrons. The number of rotatable bonds is 5. The van der Waals surface area contributed by atoms with Crippen molar-refractivity contribution in [2.45, 2.75) is 57.0 Å². The molecule has 0 aromatic carbocycles. The van der Waals surface area contributed by atoms with Gasteiger partial charge in [-0.1, -0.05) is 19.3 Å². The quantitative estimate of drug-likeness (QED) is 0.756. The van der Waals surface area contributed by atoms with Crippen LogP contribution in [0.1, 0.15) is 44.9 Å². The Labute approximate surface area is 110 Å². The van der Waals surface area contributed by atoms with Crippen molar-refractivity contribution in [2.24, 2.45) is 0 Å².